The largest absolute Gasteiger partial charge is 0.497 e. The fourth-order valence-corrected chi connectivity index (χ4v) is 3.57. The Morgan fingerprint density at radius 2 is 1.88 bits per heavy atom. The molecule has 1 aliphatic rings. The molecule has 0 aromatic heterocycles. The molecule has 1 heterocycles. The van der Waals surface area contributed by atoms with Crippen LogP contribution in [-0.2, 0) is 4.79 Å². The molecular weight excluding hydrogens is 519 g/mol. The number of nitrogens with zero attached hydrogens (tertiary/aromatic N) is 2. The average Bonchev–Trinajstić information content (AvgIpc) is 2.81. The number of para-hydroxylation sites is 2. The lowest BCUT2D eigenvalue weighted by Gasteiger charge is -2.29. The molecule has 0 radical (unpaired) electrons. The molecule has 174 valence electrons. The van der Waals surface area contributed by atoms with Gasteiger partial charge < -0.3 is 25.0 Å². The van der Waals surface area contributed by atoms with Crippen molar-refractivity contribution in [2.75, 3.05) is 45.3 Å². The zero-order valence-corrected chi connectivity index (χ0v) is 21.3. The van der Waals surface area contributed by atoms with Gasteiger partial charge in [0.2, 0.25) is 0 Å². The molecule has 0 saturated heterocycles. The van der Waals surface area contributed by atoms with E-state index in [1.807, 2.05) is 36.4 Å². The maximum Gasteiger partial charge on any atom is 0.265 e. The smallest absolute Gasteiger partial charge is 0.265 e. The Bertz CT molecular complexity index is 889. The minimum absolute atomic E-state index is 0. The summed E-state index contributed by atoms with van der Waals surface area (Å²) in [5.41, 5.74) is 2.13. The molecule has 2 aromatic carbocycles. The second kappa shape index (κ2) is 13.1. The molecule has 0 spiro atoms. The summed E-state index contributed by atoms with van der Waals surface area (Å²) in [6.07, 6.45) is 1.80. The fraction of sp³-hybridized carbons (Fsp3) is 0.417. The predicted molar refractivity (Wildman–Crippen MR) is 140 cm³/mol. The van der Waals surface area contributed by atoms with Gasteiger partial charge in [0.05, 0.1) is 12.8 Å². The summed E-state index contributed by atoms with van der Waals surface area (Å²) in [6.45, 7) is 4.50. The van der Waals surface area contributed by atoms with Crippen molar-refractivity contribution >= 4 is 41.5 Å². The quantitative estimate of drug-likeness (QED) is 0.215. The predicted octanol–water partition coefficient (Wildman–Crippen LogP) is 3.79. The van der Waals surface area contributed by atoms with E-state index in [9.17, 15) is 4.79 Å². The number of carbonyl (C=O) groups excluding carboxylic acids is 1. The molecule has 0 aliphatic carbocycles. The van der Waals surface area contributed by atoms with Crippen LogP contribution in [0.1, 0.15) is 31.2 Å². The minimum atomic E-state index is -0.00581. The van der Waals surface area contributed by atoms with Gasteiger partial charge in [0, 0.05) is 26.7 Å². The summed E-state index contributed by atoms with van der Waals surface area (Å²) in [7, 11) is 3.45. The Hall–Kier alpha value is -2.49. The number of anilines is 1. The van der Waals surface area contributed by atoms with E-state index in [0.29, 0.717) is 12.5 Å². The first kappa shape index (κ1) is 25.8. The van der Waals surface area contributed by atoms with Gasteiger partial charge in [-0.2, -0.15) is 0 Å². The van der Waals surface area contributed by atoms with Gasteiger partial charge in [0.25, 0.3) is 5.91 Å². The number of guanidine groups is 1. The highest BCUT2D eigenvalue weighted by molar-refractivity contribution is 14.0. The van der Waals surface area contributed by atoms with Crippen molar-refractivity contribution in [2.45, 2.75) is 25.7 Å². The van der Waals surface area contributed by atoms with E-state index in [0.717, 1.165) is 49.1 Å². The normalized spacial score (nSPS) is 14.0. The summed E-state index contributed by atoms with van der Waals surface area (Å²) in [6, 6.07) is 15.9. The van der Waals surface area contributed by atoms with E-state index in [-0.39, 0.29) is 36.5 Å². The lowest BCUT2D eigenvalue weighted by atomic mass is 9.98. The molecule has 7 nitrogen and oxygen atoms in total. The Labute approximate surface area is 207 Å². The number of nitrogens with one attached hydrogen (secondary N) is 2. The first-order valence-corrected chi connectivity index (χ1v) is 10.7. The molecule has 2 N–H and O–H groups in total. The number of methoxy groups -OCH3 is 1. The zero-order chi connectivity index (χ0) is 22.1. The van der Waals surface area contributed by atoms with Crippen LogP contribution in [0.4, 0.5) is 5.69 Å². The number of carbonyl (C=O) groups is 1. The van der Waals surface area contributed by atoms with Crippen molar-refractivity contribution < 1.29 is 14.3 Å². The van der Waals surface area contributed by atoms with Gasteiger partial charge in [-0.05, 0) is 48.6 Å². The van der Waals surface area contributed by atoms with E-state index < -0.39 is 0 Å². The third kappa shape index (κ3) is 7.01. The summed E-state index contributed by atoms with van der Waals surface area (Å²) in [5, 5.41) is 6.70. The third-order valence-electron chi connectivity index (χ3n) is 5.44. The molecule has 1 unspecified atom stereocenters. The zero-order valence-electron chi connectivity index (χ0n) is 19.0. The summed E-state index contributed by atoms with van der Waals surface area (Å²) in [5.74, 6) is 2.84. The van der Waals surface area contributed by atoms with Gasteiger partial charge in [-0.15, -0.1) is 24.0 Å². The fourth-order valence-electron chi connectivity index (χ4n) is 3.57. The van der Waals surface area contributed by atoms with Crippen LogP contribution in [0.5, 0.6) is 11.5 Å². The molecular formula is C24H33IN4O3. The molecule has 8 heteroatoms. The SMILES string of the molecule is CN=C(NCCCN1C(=O)COc2ccccc21)NCCC(C)c1ccc(OC)cc1.I. The molecule has 3 rings (SSSR count). The van der Waals surface area contributed by atoms with Crippen molar-refractivity contribution in [3.8, 4) is 11.5 Å². The standard InChI is InChI=1S/C24H32N4O3.HI/c1-18(19-9-11-20(30-3)12-10-19)13-15-27-24(25-2)26-14-6-16-28-21-7-4-5-8-22(21)31-17-23(28)29;/h4-5,7-12,18H,6,13-17H2,1-3H3,(H2,25,26,27);1H. The highest BCUT2D eigenvalue weighted by Crippen LogP contribution is 2.31. The topological polar surface area (TPSA) is 75.2 Å². The van der Waals surface area contributed by atoms with Crippen LogP contribution in [0.25, 0.3) is 0 Å². The lowest BCUT2D eigenvalue weighted by molar-refractivity contribution is -0.121. The summed E-state index contributed by atoms with van der Waals surface area (Å²) in [4.78, 5) is 18.3. The van der Waals surface area contributed by atoms with Crippen LogP contribution in [0, 0.1) is 0 Å². The third-order valence-corrected chi connectivity index (χ3v) is 5.44. The van der Waals surface area contributed by atoms with Gasteiger partial charge in [0.1, 0.15) is 11.5 Å². The Balaban J connectivity index is 0.00000363. The average molecular weight is 552 g/mol. The first-order chi connectivity index (χ1) is 15.1. The van der Waals surface area contributed by atoms with E-state index in [2.05, 4.69) is 34.7 Å². The molecule has 0 saturated carbocycles. The van der Waals surface area contributed by atoms with Gasteiger partial charge >= 0.3 is 0 Å². The number of amides is 1. The number of aliphatic imine (C=N–C) groups is 1. The van der Waals surface area contributed by atoms with Gasteiger partial charge in [-0.3, -0.25) is 9.79 Å². The van der Waals surface area contributed by atoms with Crippen molar-refractivity contribution in [1.29, 1.82) is 0 Å². The Kier molecular flexibility index (Phi) is 10.6. The van der Waals surface area contributed by atoms with E-state index in [1.165, 1.54) is 5.56 Å². The van der Waals surface area contributed by atoms with Crippen molar-refractivity contribution in [3.63, 3.8) is 0 Å². The molecule has 1 atom stereocenters. The van der Waals surface area contributed by atoms with Crippen molar-refractivity contribution in [2.24, 2.45) is 4.99 Å². The summed E-state index contributed by atoms with van der Waals surface area (Å²) >= 11 is 0. The van der Waals surface area contributed by atoms with Crippen molar-refractivity contribution in [1.82, 2.24) is 10.6 Å². The van der Waals surface area contributed by atoms with E-state index in [1.54, 1.807) is 19.1 Å². The van der Waals surface area contributed by atoms with E-state index >= 15 is 0 Å². The van der Waals surface area contributed by atoms with Gasteiger partial charge in [0.15, 0.2) is 12.6 Å². The number of halogens is 1. The van der Waals surface area contributed by atoms with Crippen LogP contribution in [0.15, 0.2) is 53.5 Å². The Morgan fingerprint density at radius 3 is 2.59 bits per heavy atom. The monoisotopic (exact) mass is 552 g/mol. The maximum absolute atomic E-state index is 12.2. The van der Waals surface area contributed by atoms with Crippen LogP contribution >= 0.6 is 24.0 Å². The number of ether oxygens (including phenoxy) is 2. The molecule has 2 aromatic rings. The number of rotatable bonds is 9. The molecule has 1 aliphatic heterocycles. The number of hydrogen-bond acceptors (Lipinski definition) is 4. The highest BCUT2D eigenvalue weighted by atomic mass is 127. The second-order valence-corrected chi connectivity index (χ2v) is 7.54. The van der Waals surface area contributed by atoms with Gasteiger partial charge in [-0.1, -0.05) is 31.2 Å². The minimum Gasteiger partial charge on any atom is -0.497 e. The summed E-state index contributed by atoms with van der Waals surface area (Å²) < 4.78 is 10.7. The van der Waals surface area contributed by atoms with Crippen LogP contribution < -0.4 is 25.0 Å². The molecule has 0 fully saturated rings. The maximum atomic E-state index is 12.2. The van der Waals surface area contributed by atoms with Crippen molar-refractivity contribution in [3.05, 3.63) is 54.1 Å². The number of hydrogen-bond donors (Lipinski definition) is 2. The van der Waals surface area contributed by atoms with E-state index in [4.69, 9.17) is 9.47 Å². The molecule has 32 heavy (non-hydrogen) atoms. The van der Waals surface area contributed by atoms with Crippen LogP contribution in [0.2, 0.25) is 0 Å². The first-order valence-electron chi connectivity index (χ1n) is 10.7. The number of fused-ring (bicyclic) bond motifs is 1. The molecule has 0 bridgehead atoms. The second-order valence-electron chi connectivity index (χ2n) is 7.54. The lowest BCUT2D eigenvalue weighted by Crippen LogP contribution is -2.42. The number of benzene rings is 2. The van der Waals surface area contributed by atoms with Crippen LogP contribution in [-0.4, -0.2) is 52.3 Å². The Morgan fingerprint density at radius 1 is 1.16 bits per heavy atom. The van der Waals surface area contributed by atoms with Gasteiger partial charge in [-0.25, -0.2) is 0 Å². The van der Waals surface area contributed by atoms with Crippen LogP contribution in [0.3, 0.4) is 0 Å². The molecule has 1 amide bonds. The highest BCUT2D eigenvalue weighted by Gasteiger charge is 2.24.